The Bertz CT molecular complexity index is 839. The van der Waals surface area contributed by atoms with Crippen molar-refractivity contribution in [2.45, 2.75) is 44.8 Å². The van der Waals surface area contributed by atoms with Crippen molar-refractivity contribution in [2.75, 3.05) is 20.2 Å². The number of likely N-dealkylation sites (tertiary alicyclic amines) is 1. The number of methoxy groups -OCH3 is 1. The number of carbonyl (C=O) groups is 1. The van der Waals surface area contributed by atoms with Gasteiger partial charge in [0.2, 0.25) is 0 Å². The molecule has 2 aromatic carbocycles. The van der Waals surface area contributed by atoms with Gasteiger partial charge in [-0.05, 0) is 55.9 Å². The molecule has 5 nitrogen and oxygen atoms in total. The summed E-state index contributed by atoms with van der Waals surface area (Å²) >= 11 is 0. The van der Waals surface area contributed by atoms with E-state index in [0.29, 0.717) is 36.7 Å². The van der Waals surface area contributed by atoms with Crippen molar-refractivity contribution in [3.05, 3.63) is 64.7 Å². The van der Waals surface area contributed by atoms with Gasteiger partial charge in [0.1, 0.15) is 5.75 Å². The molecule has 1 heterocycles. The number of ether oxygens (including phenoxy) is 1. The van der Waals surface area contributed by atoms with Crippen LogP contribution in [-0.4, -0.2) is 36.1 Å². The molecule has 3 rings (SSSR count). The van der Waals surface area contributed by atoms with Crippen molar-refractivity contribution < 1.29 is 14.6 Å². The van der Waals surface area contributed by atoms with Crippen LogP contribution in [0.5, 0.6) is 5.75 Å². The number of aromatic hydroxyl groups is 1. The quantitative estimate of drug-likeness (QED) is 0.826. The van der Waals surface area contributed by atoms with Crippen LogP contribution in [0.3, 0.4) is 0 Å². The lowest BCUT2D eigenvalue weighted by molar-refractivity contribution is 0.0173. The summed E-state index contributed by atoms with van der Waals surface area (Å²) in [5, 5.41) is 10.4. The maximum absolute atomic E-state index is 12.9. The SMILES string of the molecule is COC(C)(C)c1ccc(C(=O)N2CCC(c3cccc(CN)c3)CC2)cc1O. The monoisotopic (exact) mass is 382 g/mol. The van der Waals surface area contributed by atoms with Crippen LogP contribution in [0.15, 0.2) is 42.5 Å². The molecule has 1 aliphatic heterocycles. The van der Waals surface area contributed by atoms with Crippen LogP contribution in [0.25, 0.3) is 0 Å². The Morgan fingerprint density at radius 3 is 2.54 bits per heavy atom. The van der Waals surface area contributed by atoms with Gasteiger partial charge in [-0.25, -0.2) is 0 Å². The van der Waals surface area contributed by atoms with Crippen molar-refractivity contribution in [3.63, 3.8) is 0 Å². The molecular formula is C23H30N2O3. The van der Waals surface area contributed by atoms with Gasteiger partial charge in [-0.15, -0.1) is 0 Å². The smallest absolute Gasteiger partial charge is 0.253 e. The maximum Gasteiger partial charge on any atom is 0.253 e. The molecule has 1 fully saturated rings. The number of piperidine rings is 1. The van der Waals surface area contributed by atoms with Gasteiger partial charge in [-0.1, -0.05) is 30.3 Å². The third kappa shape index (κ3) is 4.21. The predicted octanol–water partition coefficient (Wildman–Crippen LogP) is 3.75. The summed E-state index contributed by atoms with van der Waals surface area (Å²) in [5.74, 6) is 0.506. The third-order valence-corrected chi connectivity index (χ3v) is 5.84. The highest BCUT2D eigenvalue weighted by Gasteiger charge is 2.27. The van der Waals surface area contributed by atoms with E-state index in [4.69, 9.17) is 10.5 Å². The molecule has 1 amide bonds. The molecule has 0 atom stereocenters. The Balaban J connectivity index is 1.67. The molecular weight excluding hydrogens is 352 g/mol. The predicted molar refractivity (Wildman–Crippen MR) is 110 cm³/mol. The summed E-state index contributed by atoms with van der Waals surface area (Å²) in [6.07, 6.45) is 1.86. The fourth-order valence-electron chi connectivity index (χ4n) is 3.86. The van der Waals surface area contributed by atoms with Crippen LogP contribution in [0.2, 0.25) is 0 Å². The number of phenols is 1. The molecule has 0 saturated carbocycles. The van der Waals surface area contributed by atoms with Crippen molar-refractivity contribution >= 4 is 5.91 Å². The second-order valence-corrected chi connectivity index (χ2v) is 7.96. The summed E-state index contributed by atoms with van der Waals surface area (Å²) in [7, 11) is 1.60. The van der Waals surface area contributed by atoms with Crippen LogP contribution < -0.4 is 5.73 Å². The van der Waals surface area contributed by atoms with Crippen LogP contribution >= 0.6 is 0 Å². The van der Waals surface area contributed by atoms with E-state index in [2.05, 4.69) is 18.2 Å². The van der Waals surface area contributed by atoms with Gasteiger partial charge in [0.15, 0.2) is 0 Å². The first-order chi connectivity index (χ1) is 13.4. The van der Waals surface area contributed by atoms with Crippen molar-refractivity contribution in [1.29, 1.82) is 0 Å². The van der Waals surface area contributed by atoms with Crippen LogP contribution in [0.1, 0.15) is 59.7 Å². The molecule has 0 radical (unpaired) electrons. The number of carbonyl (C=O) groups excluding carboxylic acids is 1. The van der Waals surface area contributed by atoms with E-state index in [1.807, 2.05) is 24.8 Å². The van der Waals surface area contributed by atoms with Gasteiger partial charge in [0, 0.05) is 37.9 Å². The van der Waals surface area contributed by atoms with Crippen LogP contribution in [-0.2, 0) is 16.9 Å². The van der Waals surface area contributed by atoms with Crippen molar-refractivity contribution in [2.24, 2.45) is 5.73 Å². The van der Waals surface area contributed by atoms with Crippen LogP contribution in [0.4, 0.5) is 0 Å². The summed E-state index contributed by atoms with van der Waals surface area (Å²) in [6.45, 7) is 5.73. The molecule has 2 aromatic rings. The molecule has 0 aliphatic carbocycles. The second kappa shape index (κ2) is 8.33. The maximum atomic E-state index is 12.9. The highest BCUT2D eigenvalue weighted by atomic mass is 16.5. The first-order valence-electron chi connectivity index (χ1n) is 9.82. The number of phenolic OH excluding ortho intramolecular Hbond substituents is 1. The zero-order valence-corrected chi connectivity index (χ0v) is 16.9. The van der Waals surface area contributed by atoms with Crippen molar-refractivity contribution in [1.82, 2.24) is 4.90 Å². The van der Waals surface area contributed by atoms with Gasteiger partial charge in [0.25, 0.3) is 5.91 Å². The molecule has 1 saturated heterocycles. The molecule has 0 spiro atoms. The number of hydrogen-bond donors (Lipinski definition) is 2. The number of nitrogens with two attached hydrogens (primary N) is 1. The van der Waals surface area contributed by atoms with Crippen molar-refractivity contribution in [3.8, 4) is 5.75 Å². The molecule has 1 aliphatic rings. The minimum atomic E-state index is -0.609. The van der Waals surface area contributed by atoms with E-state index in [-0.39, 0.29) is 11.7 Å². The fourth-order valence-corrected chi connectivity index (χ4v) is 3.86. The first-order valence-corrected chi connectivity index (χ1v) is 9.82. The highest BCUT2D eigenvalue weighted by Crippen LogP contribution is 2.33. The van der Waals surface area contributed by atoms with E-state index >= 15 is 0 Å². The van der Waals surface area contributed by atoms with Gasteiger partial charge in [-0.3, -0.25) is 4.79 Å². The number of amides is 1. The lowest BCUT2D eigenvalue weighted by Crippen LogP contribution is -2.38. The fraction of sp³-hybridized carbons (Fsp3) is 0.435. The Morgan fingerprint density at radius 1 is 1.21 bits per heavy atom. The summed E-state index contributed by atoms with van der Waals surface area (Å²) in [6, 6.07) is 13.5. The topological polar surface area (TPSA) is 75.8 Å². The second-order valence-electron chi connectivity index (χ2n) is 7.96. The Morgan fingerprint density at radius 2 is 1.93 bits per heavy atom. The van der Waals surface area contributed by atoms with Gasteiger partial charge in [0.05, 0.1) is 5.60 Å². The van der Waals surface area contributed by atoms with Gasteiger partial charge < -0.3 is 20.5 Å². The summed E-state index contributed by atoms with van der Waals surface area (Å²) < 4.78 is 5.43. The number of rotatable bonds is 5. The van der Waals surface area contributed by atoms with Gasteiger partial charge >= 0.3 is 0 Å². The zero-order chi connectivity index (χ0) is 20.3. The van der Waals surface area contributed by atoms with E-state index in [9.17, 15) is 9.90 Å². The standard InChI is InChI=1S/C23H30N2O3/c1-23(2,28-3)20-8-7-19(14-21(20)26)22(27)25-11-9-17(10-12-25)18-6-4-5-16(13-18)15-24/h4-8,13-14,17,26H,9-12,15,24H2,1-3H3. The minimum absolute atomic E-state index is 0.0359. The lowest BCUT2D eigenvalue weighted by atomic mass is 9.88. The molecule has 0 unspecified atom stereocenters. The summed E-state index contributed by atoms with van der Waals surface area (Å²) in [5.41, 5.74) is 8.77. The van der Waals surface area contributed by atoms with E-state index in [1.165, 1.54) is 5.56 Å². The normalized spacial score (nSPS) is 15.6. The highest BCUT2D eigenvalue weighted by molar-refractivity contribution is 5.94. The molecule has 3 N–H and O–H groups in total. The van der Waals surface area contributed by atoms with E-state index < -0.39 is 5.60 Å². The Hall–Kier alpha value is -2.37. The minimum Gasteiger partial charge on any atom is -0.508 e. The molecule has 5 heteroatoms. The molecule has 150 valence electrons. The summed E-state index contributed by atoms with van der Waals surface area (Å²) in [4.78, 5) is 14.8. The Labute approximate surface area is 167 Å². The lowest BCUT2D eigenvalue weighted by Gasteiger charge is -2.32. The number of nitrogens with zero attached hydrogens (tertiary/aromatic N) is 1. The zero-order valence-electron chi connectivity index (χ0n) is 16.9. The molecule has 0 bridgehead atoms. The largest absolute Gasteiger partial charge is 0.508 e. The first kappa shape index (κ1) is 20.4. The number of hydrogen-bond acceptors (Lipinski definition) is 4. The molecule has 28 heavy (non-hydrogen) atoms. The van der Waals surface area contributed by atoms with E-state index in [1.54, 1.807) is 25.3 Å². The van der Waals surface area contributed by atoms with Gasteiger partial charge in [-0.2, -0.15) is 0 Å². The molecule has 0 aromatic heterocycles. The Kier molecular flexibility index (Phi) is 6.06. The third-order valence-electron chi connectivity index (χ3n) is 5.84. The average Bonchev–Trinajstić information content (AvgIpc) is 2.73. The number of benzene rings is 2. The van der Waals surface area contributed by atoms with Crippen LogP contribution in [0, 0.1) is 0 Å². The average molecular weight is 383 g/mol. The van der Waals surface area contributed by atoms with E-state index in [0.717, 1.165) is 18.4 Å².